The third kappa shape index (κ3) is 3.65. The lowest BCUT2D eigenvalue weighted by Gasteiger charge is -2.33. The third-order valence-electron chi connectivity index (χ3n) is 6.40. The molecule has 2 aromatic heterocycles. The van der Waals surface area contributed by atoms with Crippen LogP contribution in [0.2, 0.25) is 0 Å². The van der Waals surface area contributed by atoms with Crippen LogP contribution < -0.4 is 0 Å². The molecule has 166 valence electrons. The summed E-state index contributed by atoms with van der Waals surface area (Å²) >= 11 is 0. The Balaban J connectivity index is 1.53. The van der Waals surface area contributed by atoms with Gasteiger partial charge in [-0.25, -0.2) is 9.78 Å². The number of amides is 3. The van der Waals surface area contributed by atoms with Gasteiger partial charge in [0, 0.05) is 37.9 Å². The van der Waals surface area contributed by atoms with Crippen LogP contribution in [0.25, 0.3) is 10.8 Å². The molecule has 1 aliphatic heterocycles. The van der Waals surface area contributed by atoms with Gasteiger partial charge in [-0.05, 0) is 41.3 Å². The molecule has 2 aromatic carbocycles. The van der Waals surface area contributed by atoms with Gasteiger partial charge in [0.25, 0.3) is 5.91 Å². The van der Waals surface area contributed by atoms with Gasteiger partial charge < -0.3 is 9.47 Å². The van der Waals surface area contributed by atoms with Crippen LogP contribution in [0.3, 0.4) is 0 Å². The van der Waals surface area contributed by atoms with Crippen LogP contribution in [0.1, 0.15) is 24.5 Å². The second-order valence-corrected chi connectivity index (χ2v) is 8.44. The van der Waals surface area contributed by atoms with Crippen molar-refractivity contribution in [3.8, 4) is 0 Å². The molecular weight excluding hydrogens is 414 g/mol. The topological polar surface area (TPSA) is 71.3 Å². The highest BCUT2D eigenvalue weighted by atomic mass is 16.2. The van der Waals surface area contributed by atoms with Crippen molar-refractivity contribution in [2.45, 2.75) is 32.0 Å². The minimum atomic E-state index is -1.12. The van der Waals surface area contributed by atoms with E-state index in [1.165, 1.54) is 4.90 Å². The van der Waals surface area contributed by atoms with Gasteiger partial charge in [-0.2, -0.15) is 0 Å². The average molecular weight is 440 g/mol. The molecule has 1 atom stereocenters. The molecule has 0 saturated carbocycles. The first-order chi connectivity index (χ1) is 16.1. The minimum Gasteiger partial charge on any atom is -0.337 e. The lowest BCUT2D eigenvalue weighted by molar-refractivity contribution is -0.133. The van der Waals surface area contributed by atoms with E-state index in [4.69, 9.17) is 0 Å². The summed E-state index contributed by atoms with van der Waals surface area (Å²) in [4.78, 5) is 38.9. The van der Waals surface area contributed by atoms with Gasteiger partial charge >= 0.3 is 6.03 Å². The van der Waals surface area contributed by atoms with E-state index in [1.54, 1.807) is 29.8 Å². The Morgan fingerprint density at radius 1 is 0.909 bits per heavy atom. The highest BCUT2D eigenvalue weighted by Crippen LogP contribution is 2.41. The largest absolute Gasteiger partial charge is 0.337 e. The van der Waals surface area contributed by atoms with Gasteiger partial charge in [0.1, 0.15) is 5.54 Å². The highest BCUT2D eigenvalue weighted by Gasteiger charge is 2.55. The molecule has 1 aliphatic rings. The monoisotopic (exact) mass is 439 g/mol. The first kappa shape index (κ1) is 20.9. The van der Waals surface area contributed by atoms with Crippen LogP contribution in [0.15, 0.2) is 85.7 Å². The fourth-order valence-corrected chi connectivity index (χ4v) is 4.64. The Morgan fingerprint density at radius 2 is 1.76 bits per heavy atom. The maximum atomic E-state index is 13.9. The number of nitrogens with zero attached hydrogens (tertiary/aromatic N) is 5. The maximum Gasteiger partial charge on any atom is 0.328 e. The number of benzene rings is 2. The molecule has 7 nitrogen and oxygen atoms in total. The molecule has 0 spiro atoms. The van der Waals surface area contributed by atoms with Crippen LogP contribution in [0, 0.1) is 0 Å². The lowest BCUT2D eigenvalue weighted by Crippen LogP contribution is -2.44. The first-order valence-corrected chi connectivity index (χ1v) is 11.1. The quantitative estimate of drug-likeness (QED) is 0.405. The number of aromatic nitrogens is 3. The molecule has 0 N–H and O–H groups in total. The van der Waals surface area contributed by atoms with Crippen LogP contribution in [-0.2, 0) is 23.4 Å². The van der Waals surface area contributed by atoms with Crippen molar-refractivity contribution in [1.82, 2.24) is 24.3 Å². The van der Waals surface area contributed by atoms with Crippen molar-refractivity contribution < 1.29 is 9.59 Å². The Labute approximate surface area is 192 Å². The highest BCUT2D eigenvalue weighted by molar-refractivity contribution is 6.09. The van der Waals surface area contributed by atoms with Crippen molar-refractivity contribution in [2.24, 2.45) is 0 Å². The molecule has 3 heterocycles. The minimum absolute atomic E-state index is 0.196. The van der Waals surface area contributed by atoms with Crippen LogP contribution in [0.4, 0.5) is 4.79 Å². The first-order valence-electron chi connectivity index (χ1n) is 11.1. The van der Waals surface area contributed by atoms with Crippen molar-refractivity contribution in [3.05, 3.63) is 96.8 Å². The van der Waals surface area contributed by atoms with Gasteiger partial charge in [-0.3, -0.25) is 14.7 Å². The molecule has 4 aromatic rings. The summed E-state index contributed by atoms with van der Waals surface area (Å²) in [6, 6.07) is 17.4. The van der Waals surface area contributed by atoms with Gasteiger partial charge in [-0.15, -0.1) is 0 Å². The number of carbonyl (C=O) groups is 2. The zero-order valence-corrected chi connectivity index (χ0v) is 18.5. The van der Waals surface area contributed by atoms with E-state index in [9.17, 15) is 9.59 Å². The number of fused-ring (bicyclic) bond motifs is 1. The fourth-order valence-electron chi connectivity index (χ4n) is 4.64. The summed E-state index contributed by atoms with van der Waals surface area (Å²) in [6.45, 7) is 3.20. The Morgan fingerprint density at radius 3 is 2.55 bits per heavy atom. The van der Waals surface area contributed by atoms with Gasteiger partial charge in [0.2, 0.25) is 0 Å². The second kappa shape index (κ2) is 8.50. The molecule has 5 rings (SSSR count). The van der Waals surface area contributed by atoms with Crippen LogP contribution in [0.5, 0.6) is 0 Å². The molecule has 0 bridgehead atoms. The summed E-state index contributed by atoms with van der Waals surface area (Å²) in [5.41, 5.74) is 0.591. The predicted molar refractivity (Wildman–Crippen MR) is 125 cm³/mol. The van der Waals surface area contributed by atoms with Crippen LogP contribution in [-0.4, -0.2) is 42.8 Å². The predicted octanol–water partition coefficient (Wildman–Crippen LogP) is 4.20. The number of rotatable bonds is 7. The average Bonchev–Trinajstić information content (AvgIpc) is 3.43. The summed E-state index contributed by atoms with van der Waals surface area (Å²) in [5, 5.41) is 2.01. The van der Waals surface area contributed by atoms with E-state index < -0.39 is 5.54 Å². The SMILES string of the molecule is CC1(c2cccc3ccccc23)C(=O)N(CCCn2ccnc2)C(=O)N1Cc1cccnc1. The third-order valence-corrected chi connectivity index (χ3v) is 6.40. The standard InChI is InChI=1S/C26H25N5O2/c1-26(23-11-4-9-21-8-2-3-10-22(21)23)24(32)30(15-6-14-29-16-13-28-19-29)25(33)31(26)18-20-7-5-12-27-17-20/h2-5,7-13,16-17,19H,6,14-15,18H2,1H3. The smallest absolute Gasteiger partial charge is 0.328 e. The fraction of sp³-hybridized carbons (Fsp3) is 0.231. The molecular formula is C26H25N5O2. The number of urea groups is 1. The Hall–Kier alpha value is -4.00. The Kier molecular flexibility index (Phi) is 5.38. The van der Waals surface area contributed by atoms with E-state index in [0.29, 0.717) is 26.1 Å². The normalized spacial score (nSPS) is 18.5. The van der Waals surface area contributed by atoms with E-state index in [0.717, 1.165) is 21.9 Å². The summed E-state index contributed by atoms with van der Waals surface area (Å²) in [5.74, 6) is -0.196. The molecule has 3 amide bonds. The molecule has 1 fully saturated rings. The van der Waals surface area contributed by atoms with Gasteiger partial charge in [0.05, 0.1) is 12.9 Å². The van der Waals surface area contributed by atoms with Gasteiger partial charge in [-0.1, -0.05) is 48.5 Å². The Bertz CT molecular complexity index is 1280. The zero-order valence-electron chi connectivity index (χ0n) is 18.5. The summed E-state index contributed by atoms with van der Waals surface area (Å²) in [7, 11) is 0. The van der Waals surface area contributed by atoms with Crippen molar-refractivity contribution in [2.75, 3.05) is 6.54 Å². The second-order valence-electron chi connectivity index (χ2n) is 8.44. The molecule has 1 unspecified atom stereocenters. The van der Waals surface area contributed by atoms with E-state index >= 15 is 0 Å². The number of imidazole rings is 1. The van der Waals surface area contributed by atoms with E-state index in [-0.39, 0.29) is 11.9 Å². The van der Waals surface area contributed by atoms with Gasteiger partial charge in [0.15, 0.2) is 0 Å². The number of carbonyl (C=O) groups excluding carboxylic acids is 2. The number of pyridine rings is 1. The number of hydrogen-bond donors (Lipinski definition) is 0. The molecule has 0 aliphatic carbocycles. The maximum absolute atomic E-state index is 13.9. The molecule has 1 saturated heterocycles. The van der Waals surface area contributed by atoms with E-state index in [2.05, 4.69) is 9.97 Å². The van der Waals surface area contributed by atoms with Crippen LogP contribution >= 0.6 is 0 Å². The lowest BCUT2D eigenvalue weighted by atomic mass is 9.86. The van der Waals surface area contributed by atoms with Crippen molar-refractivity contribution in [1.29, 1.82) is 0 Å². The molecule has 7 heteroatoms. The van der Waals surface area contributed by atoms with E-state index in [1.807, 2.05) is 72.3 Å². The molecule has 33 heavy (non-hydrogen) atoms. The summed E-state index contributed by atoms with van der Waals surface area (Å²) < 4.78 is 1.95. The van der Waals surface area contributed by atoms with Crippen molar-refractivity contribution >= 4 is 22.7 Å². The number of imide groups is 1. The van der Waals surface area contributed by atoms with Crippen molar-refractivity contribution in [3.63, 3.8) is 0 Å². The zero-order chi connectivity index (χ0) is 22.8. The number of aryl methyl sites for hydroxylation is 1. The summed E-state index contributed by atoms with van der Waals surface area (Å²) in [6.07, 6.45) is 9.43. The molecule has 0 radical (unpaired) electrons. The number of hydrogen-bond acceptors (Lipinski definition) is 4.